The van der Waals surface area contributed by atoms with E-state index in [1.54, 1.807) is 17.7 Å². The lowest BCUT2D eigenvalue weighted by Gasteiger charge is -2.10. The summed E-state index contributed by atoms with van der Waals surface area (Å²) in [7, 11) is 1.94. The molecule has 19 heavy (non-hydrogen) atoms. The maximum absolute atomic E-state index is 4.65. The molecule has 0 saturated heterocycles. The van der Waals surface area contributed by atoms with Crippen molar-refractivity contribution in [3.05, 3.63) is 41.4 Å². The molecule has 0 bridgehead atoms. The Bertz CT molecular complexity index is 654. The van der Waals surface area contributed by atoms with Gasteiger partial charge in [-0.1, -0.05) is 12.1 Å². The highest BCUT2D eigenvalue weighted by molar-refractivity contribution is 7.18. The molecule has 1 unspecified atom stereocenters. The average Bonchev–Trinajstić information content (AvgIpc) is 3.01. The van der Waals surface area contributed by atoms with Crippen LogP contribution >= 0.6 is 11.3 Å². The van der Waals surface area contributed by atoms with Gasteiger partial charge in [0, 0.05) is 7.05 Å². The van der Waals surface area contributed by atoms with Crippen molar-refractivity contribution >= 4 is 21.6 Å². The Labute approximate surface area is 115 Å². The predicted molar refractivity (Wildman–Crippen MR) is 75.9 cm³/mol. The third-order valence-corrected chi connectivity index (χ3v) is 4.27. The van der Waals surface area contributed by atoms with Crippen molar-refractivity contribution in [1.29, 1.82) is 0 Å². The number of fused-ring (bicyclic) bond motifs is 1. The van der Waals surface area contributed by atoms with E-state index in [4.69, 9.17) is 0 Å². The summed E-state index contributed by atoms with van der Waals surface area (Å²) in [6.07, 6.45) is 1.71. The Morgan fingerprint density at radius 2 is 2.21 bits per heavy atom. The maximum atomic E-state index is 4.65. The second kappa shape index (κ2) is 5.07. The van der Waals surface area contributed by atoms with E-state index >= 15 is 0 Å². The van der Waals surface area contributed by atoms with Crippen LogP contribution in [-0.4, -0.2) is 19.7 Å². The van der Waals surface area contributed by atoms with Crippen molar-refractivity contribution < 1.29 is 0 Å². The highest BCUT2D eigenvalue weighted by Gasteiger charge is 2.11. The Kier molecular flexibility index (Phi) is 3.27. The van der Waals surface area contributed by atoms with Crippen molar-refractivity contribution in [2.45, 2.75) is 19.5 Å². The van der Waals surface area contributed by atoms with Crippen LogP contribution in [0.3, 0.4) is 0 Å². The molecular formula is C13H15N5S. The zero-order valence-electron chi connectivity index (χ0n) is 10.9. The molecule has 3 aromatic rings. The fourth-order valence-corrected chi connectivity index (χ4v) is 2.87. The fraction of sp³-hybridized carbons (Fsp3) is 0.308. The van der Waals surface area contributed by atoms with Crippen LogP contribution < -0.4 is 5.32 Å². The molecule has 6 heteroatoms. The number of para-hydroxylation sites is 1. The van der Waals surface area contributed by atoms with Crippen molar-refractivity contribution in [3.63, 3.8) is 0 Å². The van der Waals surface area contributed by atoms with E-state index in [9.17, 15) is 0 Å². The van der Waals surface area contributed by atoms with E-state index in [1.807, 2.05) is 29.8 Å². The van der Waals surface area contributed by atoms with Gasteiger partial charge in [0.15, 0.2) is 0 Å². The van der Waals surface area contributed by atoms with Crippen molar-refractivity contribution in [1.82, 2.24) is 25.1 Å². The normalized spacial score (nSPS) is 12.9. The summed E-state index contributed by atoms with van der Waals surface area (Å²) in [6.45, 7) is 2.81. The number of rotatable bonds is 4. The average molecular weight is 273 g/mol. The van der Waals surface area contributed by atoms with Gasteiger partial charge < -0.3 is 9.88 Å². The van der Waals surface area contributed by atoms with Crippen molar-refractivity contribution in [3.8, 4) is 0 Å². The first kappa shape index (κ1) is 12.3. The summed E-state index contributed by atoms with van der Waals surface area (Å²) in [5.41, 5.74) is 1.06. The number of hydrogen-bond acceptors (Lipinski definition) is 5. The number of aryl methyl sites for hydroxylation is 1. The molecule has 0 spiro atoms. The van der Waals surface area contributed by atoms with Crippen LogP contribution in [0, 0.1) is 0 Å². The zero-order chi connectivity index (χ0) is 13.2. The lowest BCUT2D eigenvalue weighted by atomic mass is 10.3. The third kappa shape index (κ3) is 2.50. The third-order valence-electron chi connectivity index (χ3n) is 3.05. The molecule has 1 aromatic carbocycles. The van der Waals surface area contributed by atoms with Gasteiger partial charge in [-0.3, -0.25) is 0 Å². The predicted octanol–water partition coefficient (Wildman–Crippen LogP) is 2.28. The molecule has 0 aliphatic carbocycles. The first-order valence-electron chi connectivity index (χ1n) is 6.16. The highest BCUT2D eigenvalue weighted by Crippen LogP contribution is 2.26. The van der Waals surface area contributed by atoms with Gasteiger partial charge in [-0.15, -0.1) is 21.5 Å². The number of aromatic nitrogens is 4. The summed E-state index contributed by atoms with van der Waals surface area (Å²) >= 11 is 1.73. The van der Waals surface area contributed by atoms with Crippen LogP contribution in [0.5, 0.6) is 0 Å². The van der Waals surface area contributed by atoms with E-state index in [-0.39, 0.29) is 6.04 Å². The molecule has 1 N–H and O–H groups in total. The van der Waals surface area contributed by atoms with Gasteiger partial charge in [-0.25, -0.2) is 4.98 Å². The molecule has 5 nitrogen and oxygen atoms in total. The van der Waals surface area contributed by atoms with Crippen LogP contribution in [-0.2, 0) is 13.6 Å². The summed E-state index contributed by atoms with van der Waals surface area (Å²) in [5, 5.41) is 12.5. The van der Waals surface area contributed by atoms with Crippen LogP contribution in [0.4, 0.5) is 0 Å². The zero-order valence-corrected chi connectivity index (χ0v) is 11.7. The number of nitrogens with one attached hydrogen (secondary N) is 1. The van der Waals surface area contributed by atoms with Crippen LogP contribution in [0.15, 0.2) is 30.6 Å². The van der Waals surface area contributed by atoms with Gasteiger partial charge in [0.25, 0.3) is 0 Å². The minimum atomic E-state index is 0.203. The Hall–Kier alpha value is -1.79. The number of thiazole rings is 1. The van der Waals surface area contributed by atoms with Crippen molar-refractivity contribution in [2.24, 2.45) is 7.05 Å². The minimum Gasteiger partial charge on any atom is -0.320 e. The van der Waals surface area contributed by atoms with Gasteiger partial charge in [-0.05, 0) is 19.1 Å². The second-order valence-corrected chi connectivity index (χ2v) is 5.54. The Morgan fingerprint density at radius 3 is 2.95 bits per heavy atom. The maximum Gasteiger partial charge on any atom is 0.146 e. The smallest absolute Gasteiger partial charge is 0.146 e. The molecule has 2 aromatic heterocycles. The SMILES string of the molecule is CC(NCc1nncn1C)c1nc2ccccc2s1. The number of benzene rings is 1. The van der Waals surface area contributed by atoms with Gasteiger partial charge in [-0.2, -0.15) is 0 Å². The highest BCUT2D eigenvalue weighted by atomic mass is 32.1. The molecule has 2 heterocycles. The van der Waals surface area contributed by atoms with Gasteiger partial charge in [0.05, 0.1) is 22.8 Å². The quantitative estimate of drug-likeness (QED) is 0.792. The van der Waals surface area contributed by atoms with Crippen LogP contribution in [0.1, 0.15) is 23.8 Å². The molecule has 3 rings (SSSR count). The molecule has 0 fully saturated rings. The fourth-order valence-electron chi connectivity index (χ4n) is 1.87. The number of nitrogens with zero attached hydrogens (tertiary/aromatic N) is 4. The van der Waals surface area contributed by atoms with Gasteiger partial charge in [0.2, 0.25) is 0 Å². The molecular weight excluding hydrogens is 258 g/mol. The number of hydrogen-bond donors (Lipinski definition) is 1. The molecule has 0 radical (unpaired) electrons. The van der Waals surface area contributed by atoms with E-state index < -0.39 is 0 Å². The first-order chi connectivity index (χ1) is 9.24. The van der Waals surface area contributed by atoms with E-state index in [2.05, 4.69) is 33.5 Å². The lowest BCUT2D eigenvalue weighted by molar-refractivity contribution is 0.547. The largest absolute Gasteiger partial charge is 0.320 e. The Morgan fingerprint density at radius 1 is 1.37 bits per heavy atom. The van der Waals surface area contributed by atoms with Crippen LogP contribution in [0.2, 0.25) is 0 Å². The summed E-state index contributed by atoms with van der Waals surface area (Å²) in [4.78, 5) is 4.65. The first-order valence-corrected chi connectivity index (χ1v) is 6.97. The molecule has 0 amide bonds. The van der Waals surface area contributed by atoms with Crippen LogP contribution in [0.25, 0.3) is 10.2 Å². The van der Waals surface area contributed by atoms with E-state index in [1.165, 1.54) is 4.70 Å². The van der Waals surface area contributed by atoms with Crippen molar-refractivity contribution in [2.75, 3.05) is 0 Å². The molecule has 1 atom stereocenters. The Balaban J connectivity index is 1.73. The molecule has 0 aliphatic heterocycles. The molecule has 98 valence electrons. The summed E-state index contributed by atoms with van der Waals surface area (Å²) in [6, 6.07) is 8.41. The summed E-state index contributed by atoms with van der Waals surface area (Å²) < 4.78 is 3.14. The lowest BCUT2D eigenvalue weighted by Crippen LogP contribution is -2.20. The topological polar surface area (TPSA) is 55.6 Å². The van der Waals surface area contributed by atoms with Gasteiger partial charge >= 0.3 is 0 Å². The monoisotopic (exact) mass is 273 g/mol. The summed E-state index contributed by atoms with van der Waals surface area (Å²) in [5.74, 6) is 0.924. The minimum absolute atomic E-state index is 0.203. The molecule has 0 aliphatic rings. The van der Waals surface area contributed by atoms with E-state index in [0.29, 0.717) is 6.54 Å². The van der Waals surface area contributed by atoms with E-state index in [0.717, 1.165) is 16.3 Å². The molecule has 0 saturated carbocycles. The standard InChI is InChI=1S/C13H15N5S/c1-9(14-7-12-17-15-8-18(12)2)13-16-10-5-3-4-6-11(10)19-13/h3-6,8-9,14H,7H2,1-2H3. The van der Waals surface area contributed by atoms with Gasteiger partial charge in [0.1, 0.15) is 17.2 Å². The second-order valence-electron chi connectivity index (χ2n) is 4.48.